The number of carbonyl (C=O) groups excluding carboxylic acids is 2. The molecule has 0 spiro atoms. The Labute approximate surface area is 221 Å². The van der Waals surface area contributed by atoms with Crippen LogP contribution in [0.5, 0.6) is 5.75 Å². The predicted octanol–water partition coefficient (Wildman–Crippen LogP) is 4.71. The van der Waals surface area contributed by atoms with Crippen molar-refractivity contribution in [3.05, 3.63) is 88.9 Å². The largest absolute Gasteiger partial charge is 0.489 e. The summed E-state index contributed by atoms with van der Waals surface area (Å²) in [6.07, 6.45) is 0. The lowest BCUT2D eigenvalue weighted by Gasteiger charge is -2.36. The van der Waals surface area contributed by atoms with Crippen molar-refractivity contribution in [3.8, 4) is 5.75 Å². The van der Waals surface area contributed by atoms with E-state index in [1.54, 1.807) is 37.3 Å². The van der Waals surface area contributed by atoms with Crippen LogP contribution in [-0.2, 0) is 11.4 Å². The highest BCUT2D eigenvalue weighted by Gasteiger charge is 2.20. The molecule has 1 aliphatic rings. The topological polar surface area (TPSA) is 73.9 Å². The van der Waals surface area contributed by atoms with E-state index in [1.807, 2.05) is 47.4 Å². The number of carbonyl (C=O) groups is 2. The fourth-order valence-electron chi connectivity index (χ4n) is 3.91. The molecule has 186 valence electrons. The number of ether oxygens (including phenoxy) is 1. The fraction of sp³-hybridized carbons (Fsp3) is 0.222. The van der Waals surface area contributed by atoms with Gasteiger partial charge in [-0.15, -0.1) is 0 Å². The van der Waals surface area contributed by atoms with Crippen LogP contribution in [-0.4, -0.2) is 48.0 Å². The molecule has 0 aliphatic carbocycles. The van der Waals surface area contributed by atoms with E-state index in [-0.39, 0.29) is 16.9 Å². The quantitative estimate of drug-likeness (QED) is 0.457. The van der Waals surface area contributed by atoms with Gasteiger partial charge in [0.15, 0.2) is 5.11 Å². The summed E-state index contributed by atoms with van der Waals surface area (Å²) in [5.41, 5.74) is 3.03. The Morgan fingerprint density at radius 1 is 0.972 bits per heavy atom. The van der Waals surface area contributed by atoms with Crippen molar-refractivity contribution >= 4 is 52.1 Å². The average molecular weight is 523 g/mol. The smallest absolute Gasteiger partial charge is 0.257 e. The molecule has 7 nitrogen and oxygen atoms in total. The van der Waals surface area contributed by atoms with Gasteiger partial charge in [-0.25, -0.2) is 0 Å². The molecule has 1 saturated heterocycles. The monoisotopic (exact) mass is 522 g/mol. The number of piperazine rings is 1. The average Bonchev–Trinajstić information content (AvgIpc) is 2.88. The Morgan fingerprint density at radius 2 is 1.72 bits per heavy atom. The molecule has 0 bridgehead atoms. The summed E-state index contributed by atoms with van der Waals surface area (Å²) in [4.78, 5) is 28.2. The van der Waals surface area contributed by atoms with Gasteiger partial charge < -0.3 is 19.9 Å². The number of rotatable bonds is 6. The van der Waals surface area contributed by atoms with Gasteiger partial charge in [0.2, 0.25) is 5.91 Å². The van der Waals surface area contributed by atoms with Crippen LogP contribution < -0.4 is 20.3 Å². The summed E-state index contributed by atoms with van der Waals surface area (Å²) in [5.74, 6) is 0.336. The molecule has 4 rings (SSSR count). The molecule has 0 saturated carbocycles. The van der Waals surface area contributed by atoms with Crippen molar-refractivity contribution in [2.75, 3.05) is 36.4 Å². The van der Waals surface area contributed by atoms with Gasteiger partial charge in [0.1, 0.15) is 12.4 Å². The number of benzene rings is 3. The van der Waals surface area contributed by atoms with Crippen molar-refractivity contribution in [1.29, 1.82) is 0 Å². The molecule has 0 atom stereocenters. The Morgan fingerprint density at radius 3 is 2.42 bits per heavy atom. The van der Waals surface area contributed by atoms with E-state index in [0.29, 0.717) is 54.8 Å². The van der Waals surface area contributed by atoms with E-state index in [0.717, 1.165) is 11.3 Å². The van der Waals surface area contributed by atoms with Crippen molar-refractivity contribution < 1.29 is 14.3 Å². The minimum Gasteiger partial charge on any atom is -0.489 e. The number of hydrogen-bond acceptors (Lipinski definition) is 5. The van der Waals surface area contributed by atoms with Crippen molar-refractivity contribution in [2.45, 2.75) is 13.5 Å². The zero-order chi connectivity index (χ0) is 25.5. The lowest BCUT2D eigenvalue weighted by molar-refractivity contribution is -0.129. The Hall–Kier alpha value is -3.62. The van der Waals surface area contributed by atoms with Crippen molar-refractivity contribution in [3.63, 3.8) is 0 Å². The van der Waals surface area contributed by atoms with Gasteiger partial charge in [-0.1, -0.05) is 48.0 Å². The second-order valence-electron chi connectivity index (χ2n) is 8.37. The third-order valence-corrected chi connectivity index (χ3v) is 6.35. The normalized spacial score (nSPS) is 13.2. The minimum absolute atomic E-state index is 0.0855. The number of anilines is 2. The molecule has 1 fully saturated rings. The molecular weight excluding hydrogens is 496 g/mol. The summed E-state index contributed by atoms with van der Waals surface area (Å²) in [6.45, 7) is 4.76. The minimum atomic E-state index is -0.344. The first kappa shape index (κ1) is 25.5. The molecule has 3 aromatic carbocycles. The van der Waals surface area contributed by atoms with Gasteiger partial charge in [0.25, 0.3) is 5.91 Å². The molecule has 0 radical (unpaired) electrons. The number of thiocarbonyl (C=S) groups is 1. The van der Waals surface area contributed by atoms with Crippen LogP contribution >= 0.6 is 23.8 Å². The maximum absolute atomic E-state index is 12.7. The molecule has 0 aromatic heterocycles. The molecular formula is C27H27ClN4O3S. The second-order valence-corrected chi connectivity index (χ2v) is 9.19. The molecule has 1 heterocycles. The molecule has 3 aromatic rings. The van der Waals surface area contributed by atoms with Crippen molar-refractivity contribution in [2.24, 2.45) is 0 Å². The SMILES string of the molecule is CC(=O)N1CCN(c2ccc(NC(=S)NC(=O)c3cccc(OCc4ccccc4)c3)cc2Cl)CC1. The van der Waals surface area contributed by atoms with Crippen LogP contribution in [0.4, 0.5) is 11.4 Å². The van der Waals surface area contributed by atoms with Crippen LogP contribution in [0, 0.1) is 0 Å². The van der Waals surface area contributed by atoms with Gasteiger partial charge >= 0.3 is 0 Å². The Kier molecular flexibility index (Phi) is 8.40. The second kappa shape index (κ2) is 11.9. The first-order valence-electron chi connectivity index (χ1n) is 11.6. The molecule has 1 aliphatic heterocycles. The molecule has 0 unspecified atom stereocenters. The van der Waals surface area contributed by atoms with E-state index in [2.05, 4.69) is 15.5 Å². The number of nitrogens with zero attached hydrogens (tertiary/aromatic N) is 2. The third kappa shape index (κ3) is 6.74. The van der Waals surface area contributed by atoms with Gasteiger partial charge in [0, 0.05) is 44.4 Å². The van der Waals surface area contributed by atoms with E-state index in [9.17, 15) is 9.59 Å². The zero-order valence-corrected chi connectivity index (χ0v) is 21.4. The standard InChI is InChI=1S/C27H27ClN4O3S/c1-19(33)31-12-14-32(15-13-31)25-11-10-22(17-24(25)28)29-27(36)30-26(34)21-8-5-9-23(16-21)35-18-20-6-3-2-4-7-20/h2-11,16-17H,12-15,18H2,1H3,(H2,29,30,34,36). The highest BCUT2D eigenvalue weighted by atomic mass is 35.5. The van der Waals surface area contributed by atoms with E-state index in [1.165, 1.54) is 0 Å². The van der Waals surface area contributed by atoms with Crippen LogP contribution in [0.2, 0.25) is 5.02 Å². The number of halogens is 1. The highest BCUT2D eigenvalue weighted by Crippen LogP contribution is 2.29. The Balaban J connectivity index is 1.31. The summed E-state index contributed by atoms with van der Waals surface area (Å²) in [7, 11) is 0. The molecule has 2 amide bonds. The fourth-order valence-corrected chi connectivity index (χ4v) is 4.42. The van der Waals surface area contributed by atoms with Crippen LogP contribution in [0.3, 0.4) is 0 Å². The van der Waals surface area contributed by atoms with Gasteiger partial charge in [0.05, 0.1) is 10.7 Å². The molecule has 2 N–H and O–H groups in total. The van der Waals surface area contributed by atoms with Crippen molar-refractivity contribution in [1.82, 2.24) is 10.2 Å². The van der Waals surface area contributed by atoms with E-state index >= 15 is 0 Å². The number of amides is 2. The lowest BCUT2D eigenvalue weighted by atomic mass is 10.2. The number of nitrogens with one attached hydrogen (secondary N) is 2. The first-order chi connectivity index (χ1) is 17.4. The summed E-state index contributed by atoms with van der Waals surface area (Å²) >= 11 is 11.9. The summed E-state index contributed by atoms with van der Waals surface area (Å²) in [5, 5.41) is 6.43. The van der Waals surface area contributed by atoms with E-state index in [4.69, 9.17) is 28.6 Å². The van der Waals surface area contributed by atoms with Gasteiger partial charge in [-0.05, 0) is 54.2 Å². The lowest BCUT2D eigenvalue weighted by Crippen LogP contribution is -2.48. The zero-order valence-electron chi connectivity index (χ0n) is 19.9. The highest BCUT2D eigenvalue weighted by molar-refractivity contribution is 7.80. The maximum Gasteiger partial charge on any atom is 0.257 e. The number of hydrogen-bond donors (Lipinski definition) is 2. The van der Waals surface area contributed by atoms with Gasteiger partial charge in [-0.3, -0.25) is 14.9 Å². The molecule has 9 heteroatoms. The van der Waals surface area contributed by atoms with Crippen LogP contribution in [0.1, 0.15) is 22.8 Å². The first-order valence-corrected chi connectivity index (χ1v) is 12.4. The van der Waals surface area contributed by atoms with E-state index < -0.39 is 0 Å². The van der Waals surface area contributed by atoms with Gasteiger partial charge in [-0.2, -0.15) is 0 Å². The Bertz CT molecular complexity index is 1250. The van der Waals surface area contributed by atoms with Crippen LogP contribution in [0.25, 0.3) is 0 Å². The molecule has 36 heavy (non-hydrogen) atoms. The van der Waals surface area contributed by atoms with Crippen LogP contribution in [0.15, 0.2) is 72.8 Å². The summed E-state index contributed by atoms with van der Waals surface area (Å²) < 4.78 is 5.81. The predicted molar refractivity (Wildman–Crippen MR) is 147 cm³/mol. The summed E-state index contributed by atoms with van der Waals surface area (Å²) in [6, 6.07) is 22.3. The third-order valence-electron chi connectivity index (χ3n) is 5.84. The maximum atomic E-state index is 12.7.